The Bertz CT molecular complexity index is 1600. The van der Waals surface area contributed by atoms with Gasteiger partial charge in [0.25, 0.3) is 5.91 Å². The van der Waals surface area contributed by atoms with Crippen molar-refractivity contribution in [3.05, 3.63) is 100 Å². The number of benzene rings is 3. The molecule has 0 saturated heterocycles. The molecule has 0 aliphatic carbocycles. The number of rotatable bonds is 8. The van der Waals surface area contributed by atoms with E-state index in [1.807, 2.05) is 19.1 Å². The van der Waals surface area contributed by atoms with Gasteiger partial charge in [-0.25, -0.2) is 18.4 Å². The first-order valence-corrected chi connectivity index (χ1v) is 12.6. The van der Waals surface area contributed by atoms with Gasteiger partial charge < -0.3 is 14.8 Å². The highest BCUT2D eigenvalue weighted by Crippen LogP contribution is 2.31. The fourth-order valence-electron chi connectivity index (χ4n) is 4.14. The van der Waals surface area contributed by atoms with Crippen molar-refractivity contribution < 1.29 is 23.0 Å². The second-order valence-electron chi connectivity index (χ2n) is 8.72. The molecule has 0 saturated carbocycles. The molecule has 7 nitrogen and oxygen atoms in total. The number of hydrogen-bond acceptors (Lipinski definition) is 6. The number of carbonyl (C=O) groups excluding carboxylic acids is 1. The van der Waals surface area contributed by atoms with Crippen molar-refractivity contribution in [3.8, 4) is 17.2 Å². The summed E-state index contributed by atoms with van der Waals surface area (Å²) in [4.78, 5) is 17.9. The van der Waals surface area contributed by atoms with Crippen LogP contribution in [0.25, 0.3) is 16.6 Å². The van der Waals surface area contributed by atoms with Crippen molar-refractivity contribution >= 4 is 28.1 Å². The van der Waals surface area contributed by atoms with Crippen LogP contribution in [0.5, 0.6) is 11.5 Å². The smallest absolute Gasteiger partial charge is 0.280 e. The molecule has 0 radical (unpaired) electrons. The van der Waals surface area contributed by atoms with Crippen LogP contribution in [0.4, 0.5) is 8.78 Å². The van der Waals surface area contributed by atoms with Crippen LogP contribution in [-0.4, -0.2) is 33.8 Å². The lowest BCUT2D eigenvalue weighted by molar-refractivity contribution is 0.0881. The highest BCUT2D eigenvalue weighted by molar-refractivity contribution is 7.13. The van der Waals surface area contributed by atoms with Crippen LogP contribution in [0, 0.1) is 18.6 Å². The van der Waals surface area contributed by atoms with Gasteiger partial charge in [-0.1, -0.05) is 13.5 Å². The van der Waals surface area contributed by atoms with Crippen molar-refractivity contribution in [2.45, 2.75) is 33.4 Å². The van der Waals surface area contributed by atoms with E-state index < -0.39 is 18.0 Å². The number of methoxy groups -OCH3 is 1. The largest absolute Gasteiger partial charge is 0.494 e. The fraction of sp³-hybridized carbons (Fsp3) is 0.207. The van der Waals surface area contributed by atoms with Crippen LogP contribution < -0.4 is 14.8 Å². The minimum absolute atomic E-state index is 0. The van der Waals surface area contributed by atoms with E-state index in [1.165, 1.54) is 42.7 Å². The summed E-state index contributed by atoms with van der Waals surface area (Å²) in [7, 11) is 1.40. The zero-order valence-corrected chi connectivity index (χ0v) is 21.6. The molecule has 2 atom stereocenters. The molecule has 2 aromatic heterocycles. The van der Waals surface area contributed by atoms with Gasteiger partial charge in [0.15, 0.2) is 16.6 Å². The van der Waals surface area contributed by atoms with Crippen LogP contribution >= 0.6 is 11.3 Å². The quantitative estimate of drug-likeness (QED) is 0.234. The van der Waals surface area contributed by atoms with Gasteiger partial charge >= 0.3 is 0 Å². The topological polar surface area (TPSA) is 78.3 Å². The number of nitrogens with zero attached hydrogens (tertiary/aromatic N) is 3. The third kappa shape index (κ3) is 5.91. The van der Waals surface area contributed by atoms with E-state index in [0.29, 0.717) is 16.3 Å². The number of fused-ring (bicyclic) bond motifs is 1. The van der Waals surface area contributed by atoms with E-state index in [-0.39, 0.29) is 24.9 Å². The maximum absolute atomic E-state index is 14.6. The molecular formula is C29H28F2N4O3S. The summed E-state index contributed by atoms with van der Waals surface area (Å²) in [6.07, 6.45) is 2.59. The number of ether oxygens (including phenoxy) is 2. The Labute approximate surface area is 229 Å². The highest BCUT2D eigenvalue weighted by Gasteiger charge is 2.26. The van der Waals surface area contributed by atoms with Gasteiger partial charge in [-0.15, -0.1) is 11.3 Å². The monoisotopic (exact) mass is 550 g/mol. The number of carbonyl (C=O) groups is 1. The molecule has 0 fully saturated rings. The molecule has 2 heterocycles. The maximum Gasteiger partial charge on any atom is 0.280 e. The number of aromatic nitrogens is 3. The molecular weight excluding hydrogens is 522 g/mol. The first kappa shape index (κ1) is 27.7. The summed E-state index contributed by atoms with van der Waals surface area (Å²) in [6.45, 7) is 3.66. The summed E-state index contributed by atoms with van der Waals surface area (Å²) in [5, 5.41) is 8.48. The van der Waals surface area contributed by atoms with Crippen LogP contribution in [0.1, 0.15) is 40.7 Å². The van der Waals surface area contributed by atoms with E-state index in [4.69, 9.17) is 9.47 Å². The van der Waals surface area contributed by atoms with Gasteiger partial charge in [-0.3, -0.25) is 4.79 Å². The molecule has 0 aliphatic rings. The zero-order valence-electron chi connectivity index (χ0n) is 20.8. The lowest BCUT2D eigenvalue weighted by Crippen LogP contribution is -2.39. The first-order valence-electron chi connectivity index (χ1n) is 11.8. The van der Waals surface area contributed by atoms with Crippen molar-refractivity contribution in [2.24, 2.45) is 0 Å². The van der Waals surface area contributed by atoms with E-state index >= 15 is 0 Å². The number of hydrogen-bond donors (Lipinski definition) is 1. The number of nitrogens with one attached hydrogen (secondary N) is 1. The third-order valence-electron chi connectivity index (χ3n) is 6.01. The van der Waals surface area contributed by atoms with E-state index in [0.717, 1.165) is 21.5 Å². The molecule has 5 rings (SSSR count). The SMILES string of the molecule is C.COc1ccc([C@@H](Oc2ccc3c(cnn3-c3ccc(F)cc3)c2)[C@H](C)NC(=O)c2ncc(C)s2)cc1F. The van der Waals surface area contributed by atoms with Crippen LogP contribution in [0.3, 0.4) is 0 Å². The molecule has 0 unspecified atom stereocenters. The van der Waals surface area contributed by atoms with Crippen LogP contribution in [0.15, 0.2) is 73.1 Å². The zero-order chi connectivity index (χ0) is 26.8. The van der Waals surface area contributed by atoms with Crippen molar-refractivity contribution in [1.29, 1.82) is 0 Å². The van der Waals surface area contributed by atoms with Gasteiger partial charge in [-0.05, 0) is 74.0 Å². The lowest BCUT2D eigenvalue weighted by Gasteiger charge is -2.26. The summed E-state index contributed by atoms with van der Waals surface area (Å²) >= 11 is 1.29. The maximum atomic E-state index is 14.6. The minimum atomic E-state index is -0.731. The molecule has 5 aromatic rings. The molecule has 202 valence electrons. The van der Waals surface area contributed by atoms with Crippen LogP contribution in [0.2, 0.25) is 0 Å². The molecule has 10 heteroatoms. The molecule has 0 aliphatic heterocycles. The van der Waals surface area contributed by atoms with E-state index in [1.54, 1.807) is 48.3 Å². The average molecular weight is 551 g/mol. The van der Waals surface area contributed by atoms with Gasteiger partial charge in [0.05, 0.1) is 30.6 Å². The van der Waals surface area contributed by atoms with Crippen LogP contribution in [-0.2, 0) is 0 Å². The van der Waals surface area contributed by atoms with Gasteiger partial charge in [0.2, 0.25) is 0 Å². The van der Waals surface area contributed by atoms with Crippen molar-refractivity contribution in [2.75, 3.05) is 7.11 Å². The van der Waals surface area contributed by atoms with Crippen molar-refractivity contribution in [1.82, 2.24) is 20.1 Å². The molecule has 1 N–H and O–H groups in total. The van der Waals surface area contributed by atoms with E-state index in [2.05, 4.69) is 15.4 Å². The van der Waals surface area contributed by atoms with Gasteiger partial charge in [0.1, 0.15) is 17.7 Å². The Hall–Kier alpha value is -4.31. The van der Waals surface area contributed by atoms with Crippen molar-refractivity contribution in [3.63, 3.8) is 0 Å². The summed E-state index contributed by atoms with van der Waals surface area (Å²) in [6, 6.07) is 15.5. The van der Waals surface area contributed by atoms with Gasteiger partial charge in [0, 0.05) is 16.5 Å². The normalized spacial score (nSPS) is 12.4. The average Bonchev–Trinajstić information content (AvgIpc) is 3.53. The van der Waals surface area contributed by atoms with E-state index in [9.17, 15) is 13.6 Å². The summed E-state index contributed by atoms with van der Waals surface area (Å²) in [5.41, 5.74) is 2.04. The Morgan fingerprint density at radius 3 is 2.49 bits per heavy atom. The molecule has 1 amide bonds. The summed E-state index contributed by atoms with van der Waals surface area (Å²) < 4.78 is 41.1. The number of thiazole rings is 1. The Morgan fingerprint density at radius 2 is 1.82 bits per heavy atom. The lowest BCUT2D eigenvalue weighted by atomic mass is 10.0. The Kier molecular flexibility index (Phi) is 8.25. The number of halogens is 2. The molecule has 0 spiro atoms. The Balaban J connectivity index is 0.00000353. The number of aryl methyl sites for hydroxylation is 1. The summed E-state index contributed by atoms with van der Waals surface area (Å²) in [5.74, 6) is -0.591. The third-order valence-corrected chi connectivity index (χ3v) is 6.92. The number of amides is 1. The second-order valence-corrected chi connectivity index (χ2v) is 9.96. The molecule has 0 bridgehead atoms. The standard InChI is InChI=1S/C28H24F2N4O3S.CH4/c1-16-14-31-28(38-16)27(35)33-17(2)26(18-4-11-25(36-3)23(30)13-18)37-22-9-10-24-19(12-22)15-32-34(24)21-7-5-20(29)6-8-21;/h4-15,17,26H,1-3H3,(H,33,35);1H4/t17-,26-;/m0./s1. The van der Waals surface area contributed by atoms with Gasteiger partial charge in [-0.2, -0.15) is 5.10 Å². The fourth-order valence-corrected chi connectivity index (χ4v) is 4.81. The second kappa shape index (κ2) is 11.6. The predicted molar refractivity (Wildman–Crippen MR) is 148 cm³/mol. The minimum Gasteiger partial charge on any atom is -0.494 e. The first-order chi connectivity index (χ1) is 18.3. The molecule has 3 aromatic carbocycles. The highest BCUT2D eigenvalue weighted by atomic mass is 32.1. The predicted octanol–water partition coefficient (Wildman–Crippen LogP) is 6.65. The molecule has 39 heavy (non-hydrogen) atoms. The Morgan fingerprint density at radius 1 is 1.05 bits per heavy atom.